The summed E-state index contributed by atoms with van der Waals surface area (Å²) in [6, 6.07) is 0. The number of rotatable bonds is 3. The normalized spacial score (nSPS) is 30.5. The minimum atomic E-state index is -4.77. The summed E-state index contributed by atoms with van der Waals surface area (Å²) in [5.41, 5.74) is -0.749. The van der Waals surface area contributed by atoms with Gasteiger partial charge in [0.2, 0.25) is 0 Å². The van der Waals surface area contributed by atoms with Gasteiger partial charge in [0.05, 0.1) is 24.0 Å². The molecule has 1 N–H and O–H groups in total. The average molecular weight is 360 g/mol. The summed E-state index contributed by atoms with van der Waals surface area (Å²) in [6.07, 6.45) is -4.77. The second-order valence-corrected chi connectivity index (χ2v) is 8.29. The van der Waals surface area contributed by atoms with E-state index in [-0.39, 0.29) is 19.7 Å². The lowest BCUT2D eigenvalue weighted by molar-refractivity contribution is -0.187. The van der Waals surface area contributed by atoms with E-state index in [0.717, 1.165) is 4.31 Å². The Morgan fingerprint density at radius 2 is 1.87 bits per heavy atom. The monoisotopic (exact) mass is 360 g/mol. The van der Waals surface area contributed by atoms with Gasteiger partial charge in [-0.05, 0) is 13.8 Å². The van der Waals surface area contributed by atoms with Crippen molar-refractivity contribution >= 4 is 16.2 Å². The molecule has 0 bridgehead atoms. The predicted octanol–water partition coefficient (Wildman–Crippen LogP) is 0.537. The molecule has 0 aromatic carbocycles. The first-order valence-electron chi connectivity index (χ1n) is 7.03. The van der Waals surface area contributed by atoms with Crippen LogP contribution in [-0.2, 0) is 19.7 Å². The van der Waals surface area contributed by atoms with Crippen molar-refractivity contribution in [2.75, 3.05) is 32.8 Å². The zero-order chi connectivity index (χ0) is 17.6. The van der Waals surface area contributed by atoms with Crippen LogP contribution in [-0.4, -0.2) is 72.7 Å². The maximum atomic E-state index is 13.0. The first-order chi connectivity index (χ1) is 10.3. The van der Waals surface area contributed by atoms with Gasteiger partial charge in [0.15, 0.2) is 0 Å². The summed E-state index contributed by atoms with van der Waals surface area (Å²) in [4.78, 5) is 11.1. The second-order valence-electron chi connectivity index (χ2n) is 6.36. The minimum absolute atomic E-state index is 0.000254. The third-order valence-electron chi connectivity index (χ3n) is 4.07. The fraction of sp³-hybridized carbons (Fsp3) is 0.917. The van der Waals surface area contributed by atoms with Crippen LogP contribution in [0.25, 0.3) is 0 Å². The molecule has 0 aromatic rings. The zero-order valence-electron chi connectivity index (χ0n) is 12.7. The topological polar surface area (TPSA) is 87.2 Å². The molecular formula is C12H19F3N2O5S. The number of carbonyl (C=O) groups is 1. The van der Waals surface area contributed by atoms with Gasteiger partial charge in [0, 0.05) is 26.2 Å². The van der Waals surface area contributed by atoms with E-state index < -0.39 is 52.9 Å². The third-order valence-corrected chi connectivity index (χ3v) is 5.98. The highest BCUT2D eigenvalue weighted by Gasteiger charge is 2.55. The summed E-state index contributed by atoms with van der Waals surface area (Å²) < 4.78 is 71.1. The Labute approximate surface area is 132 Å². The van der Waals surface area contributed by atoms with Crippen LogP contribution in [0.1, 0.15) is 13.8 Å². The van der Waals surface area contributed by atoms with E-state index in [0.29, 0.717) is 4.31 Å². The van der Waals surface area contributed by atoms with Gasteiger partial charge in [-0.1, -0.05) is 0 Å². The van der Waals surface area contributed by atoms with Gasteiger partial charge in [-0.2, -0.15) is 30.2 Å². The standard InChI is InChI=1S/C12H19F3N2O5S/c1-11(2)7-16(3-4-22-11)23(20,21)17-5-8(10(18)19)9(6-17)12(13,14)15/h8-9H,3-7H2,1-2H3,(H,18,19)/t8-,9-/m1/s1. The number of aliphatic carboxylic acids is 1. The van der Waals surface area contributed by atoms with Gasteiger partial charge in [-0.15, -0.1) is 0 Å². The minimum Gasteiger partial charge on any atom is -0.481 e. The highest BCUT2D eigenvalue weighted by molar-refractivity contribution is 7.86. The first kappa shape index (κ1) is 18.4. The number of ether oxygens (including phenoxy) is 1. The fourth-order valence-electron chi connectivity index (χ4n) is 2.87. The van der Waals surface area contributed by atoms with Crippen molar-refractivity contribution < 1.29 is 36.2 Å². The largest absolute Gasteiger partial charge is 0.481 e. The van der Waals surface area contributed by atoms with Crippen molar-refractivity contribution in [1.82, 2.24) is 8.61 Å². The Balaban J connectivity index is 2.22. The number of halogens is 3. The lowest BCUT2D eigenvalue weighted by Crippen LogP contribution is -2.54. The van der Waals surface area contributed by atoms with Crippen LogP contribution in [0.3, 0.4) is 0 Å². The molecule has 2 aliphatic rings. The SMILES string of the molecule is CC1(C)CN(S(=O)(=O)N2C[C@@H](C(F)(F)F)[C@H](C(=O)O)C2)CCO1. The van der Waals surface area contributed by atoms with Crippen molar-refractivity contribution in [2.45, 2.75) is 25.6 Å². The molecule has 2 heterocycles. The van der Waals surface area contributed by atoms with E-state index in [1.807, 2.05) is 0 Å². The number of carboxylic acid groups (broad SMARTS) is 1. The third kappa shape index (κ3) is 3.78. The molecule has 0 amide bonds. The summed E-state index contributed by atoms with van der Waals surface area (Å²) in [5, 5.41) is 8.97. The lowest BCUT2D eigenvalue weighted by Gasteiger charge is -2.38. The van der Waals surface area contributed by atoms with E-state index in [1.54, 1.807) is 13.8 Å². The smallest absolute Gasteiger partial charge is 0.393 e. The molecular weight excluding hydrogens is 341 g/mol. The number of hydrogen-bond acceptors (Lipinski definition) is 4. The number of carboxylic acids is 1. The number of nitrogens with zero attached hydrogens (tertiary/aromatic N) is 2. The van der Waals surface area contributed by atoms with E-state index >= 15 is 0 Å². The molecule has 0 saturated carbocycles. The van der Waals surface area contributed by atoms with Crippen LogP contribution in [0.4, 0.5) is 13.2 Å². The Hall–Kier alpha value is -0.910. The van der Waals surface area contributed by atoms with Gasteiger partial charge in [-0.3, -0.25) is 4.79 Å². The molecule has 0 radical (unpaired) electrons. The van der Waals surface area contributed by atoms with Crippen LogP contribution in [0.15, 0.2) is 0 Å². The first-order valence-corrected chi connectivity index (χ1v) is 8.43. The molecule has 2 aliphatic heterocycles. The quantitative estimate of drug-likeness (QED) is 0.794. The molecule has 0 spiro atoms. The van der Waals surface area contributed by atoms with Crippen LogP contribution < -0.4 is 0 Å². The Bertz CT molecular complexity index is 578. The maximum Gasteiger partial charge on any atom is 0.393 e. The average Bonchev–Trinajstić information content (AvgIpc) is 2.83. The van der Waals surface area contributed by atoms with Crippen molar-refractivity contribution in [3.63, 3.8) is 0 Å². The van der Waals surface area contributed by atoms with Gasteiger partial charge >= 0.3 is 12.1 Å². The number of alkyl halides is 3. The molecule has 2 fully saturated rings. The molecule has 0 unspecified atom stereocenters. The molecule has 11 heteroatoms. The molecule has 7 nitrogen and oxygen atoms in total. The van der Waals surface area contributed by atoms with Crippen molar-refractivity contribution in [2.24, 2.45) is 11.8 Å². The van der Waals surface area contributed by atoms with E-state index in [1.165, 1.54) is 0 Å². The predicted molar refractivity (Wildman–Crippen MR) is 72.8 cm³/mol. The summed E-state index contributed by atoms with van der Waals surface area (Å²) >= 11 is 0. The molecule has 134 valence electrons. The van der Waals surface area contributed by atoms with Crippen molar-refractivity contribution in [3.05, 3.63) is 0 Å². The number of hydrogen-bond donors (Lipinski definition) is 1. The molecule has 23 heavy (non-hydrogen) atoms. The molecule has 2 saturated heterocycles. The zero-order valence-corrected chi connectivity index (χ0v) is 13.5. The highest BCUT2D eigenvalue weighted by atomic mass is 32.2. The molecule has 2 atom stereocenters. The van der Waals surface area contributed by atoms with Gasteiger partial charge < -0.3 is 9.84 Å². The molecule has 0 aliphatic carbocycles. The van der Waals surface area contributed by atoms with Crippen LogP contribution in [0.2, 0.25) is 0 Å². The van der Waals surface area contributed by atoms with Gasteiger partial charge in [-0.25, -0.2) is 0 Å². The van der Waals surface area contributed by atoms with Crippen molar-refractivity contribution in [1.29, 1.82) is 0 Å². The second kappa shape index (κ2) is 5.87. The fourth-order valence-corrected chi connectivity index (χ4v) is 4.68. The molecule has 0 aromatic heterocycles. The van der Waals surface area contributed by atoms with Crippen LogP contribution >= 0.6 is 0 Å². The Morgan fingerprint density at radius 3 is 2.30 bits per heavy atom. The Morgan fingerprint density at radius 1 is 1.26 bits per heavy atom. The van der Waals surface area contributed by atoms with E-state index in [4.69, 9.17) is 9.84 Å². The van der Waals surface area contributed by atoms with Crippen LogP contribution in [0.5, 0.6) is 0 Å². The van der Waals surface area contributed by atoms with Gasteiger partial charge in [0.25, 0.3) is 10.2 Å². The van der Waals surface area contributed by atoms with Crippen molar-refractivity contribution in [3.8, 4) is 0 Å². The van der Waals surface area contributed by atoms with E-state index in [2.05, 4.69) is 0 Å². The molecule has 2 rings (SSSR count). The lowest BCUT2D eigenvalue weighted by atomic mass is 9.96. The highest BCUT2D eigenvalue weighted by Crippen LogP contribution is 2.39. The van der Waals surface area contributed by atoms with E-state index in [9.17, 15) is 26.4 Å². The van der Waals surface area contributed by atoms with Crippen LogP contribution in [0, 0.1) is 11.8 Å². The summed E-state index contributed by atoms with van der Waals surface area (Å²) in [7, 11) is -4.17. The maximum absolute atomic E-state index is 13.0. The van der Waals surface area contributed by atoms with Gasteiger partial charge in [0.1, 0.15) is 0 Å². The Kier molecular flexibility index (Phi) is 4.70. The number of morpholine rings is 1. The summed E-state index contributed by atoms with van der Waals surface area (Å²) in [5.74, 6) is -5.64. The summed E-state index contributed by atoms with van der Waals surface area (Å²) in [6.45, 7) is 1.96.